The molecule has 6 heteroatoms. The van der Waals surface area contributed by atoms with Gasteiger partial charge in [-0.25, -0.2) is 4.79 Å². The number of rotatable bonds is 4. The predicted molar refractivity (Wildman–Crippen MR) is 78.8 cm³/mol. The van der Waals surface area contributed by atoms with Crippen molar-refractivity contribution in [3.8, 4) is 11.5 Å². The zero-order valence-electron chi connectivity index (χ0n) is 11.1. The fourth-order valence-corrected chi connectivity index (χ4v) is 1.79. The van der Waals surface area contributed by atoms with Gasteiger partial charge in [-0.15, -0.1) is 0 Å². The molecule has 21 heavy (non-hydrogen) atoms. The Labute approximate surface area is 126 Å². The standard InChI is InChI=1S/C15H12ClNO4/c1-20-14-8-10(9-17-19)2-7-13(14)21-15(18)11-3-5-12(16)6-4-11/h2-9,19H,1H3/b17-9-. The molecule has 0 radical (unpaired) electrons. The lowest BCUT2D eigenvalue weighted by molar-refractivity contribution is 0.0729. The van der Waals surface area contributed by atoms with Gasteiger partial charge in [0.25, 0.3) is 0 Å². The predicted octanol–water partition coefficient (Wildman–Crippen LogP) is 3.38. The van der Waals surface area contributed by atoms with Crippen LogP contribution < -0.4 is 9.47 Å². The van der Waals surface area contributed by atoms with Crippen molar-refractivity contribution in [2.45, 2.75) is 0 Å². The second kappa shape index (κ2) is 6.76. The monoisotopic (exact) mass is 305 g/mol. The van der Waals surface area contributed by atoms with Crippen molar-refractivity contribution in [1.29, 1.82) is 0 Å². The second-order valence-electron chi connectivity index (χ2n) is 4.05. The van der Waals surface area contributed by atoms with Crippen LogP contribution in [0.1, 0.15) is 15.9 Å². The van der Waals surface area contributed by atoms with Crippen molar-refractivity contribution < 1.29 is 19.5 Å². The van der Waals surface area contributed by atoms with Crippen LogP contribution in [0.2, 0.25) is 5.02 Å². The van der Waals surface area contributed by atoms with Crippen LogP contribution in [0.25, 0.3) is 0 Å². The van der Waals surface area contributed by atoms with E-state index in [1.165, 1.54) is 13.3 Å². The summed E-state index contributed by atoms with van der Waals surface area (Å²) in [7, 11) is 1.45. The van der Waals surface area contributed by atoms with Crippen LogP contribution >= 0.6 is 11.6 Å². The Balaban J connectivity index is 2.22. The van der Waals surface area contributed by atoms with E-state index in [2.05, 4.69) is 5.16 Å². The van der Waals surface area contributed by atoms with Crippen LogP contribution in [0.3, 0.4) is 0 Å². The third-order valence-corrected chi connectivity index (χ3v) is 2.93. The van der Waals surface area contributed by atoms with Gasteiger partial charge in [0.1, 0.15) is 0 Å². The van der Waals surface area contributed by atoms with E-state index in [-0.39, 0.29) is 5.75 Å². The molecule has 2 aromatic rings. The highest BCUT2D eigenvalue weighted by atomic mass is 35.5. The maximum atomic E-state index is 12.0. The van der Waals surface area contributed by atoms with Gasteiger partial charge in [-0.1, -0.05) is 16.8 Å². The average Bonchev–Trinajstić information content (AvgIpc) is 2.49. The van der Waals surface area contributed by atoms with Gasteiger partial charge in [0.05, 0.1) is 18.9 Å². The molecule has 0 saturated heterocycles. The van der Waals surface area contributed by atoms with E-state index >= 15 is 0 Å². The van der Waals surface area contributed by atoms with Crippen LogP contribution in [0.4, 0.5) is 0 Å². The van der Waals surface area contributed by atoms with Gasteiger partial charge in [-0.05, 0) is 42.5 Å². The van der Waals surface area contributed by atoms with Crippen LogP contribution in [0.5, 0.6) is 11.5 Å². The SMILES string of the molecule is COc1cc(/C=N\O)ccc1OC(=O)c1ccc(Cl)cc1. The number of hydrogen-bond donors (Lipinski definition) is 1. The summed E-state index contributed by atoms with van der Waals surface area (Å²) in [4.78, 5) is 12.0. The molecule has 0 bridgehead atoms. The molecule has 0 spiro atoms. The number of esters is 1. The van der Waals surface area contributed by atoms with Crippen molar-refractivity contribution in [2.24, 2.45) is 5.16 Å². The number of halogens is 1. The summed E-state index contributed by atoms with van der Waals surface area (Å²) >= 11 is 5.77. The zero-order valence-corrected chi connectivity index (χ0v) is 11.9. The number of methoxy groups -OCH3 is 1. The first kappa shape index (κ1) is 14.9. The van der Waals surface area contributed by atoms with Crippen molar-refractivity contribution in [3.05, 3.63) is 58.6 Å². The summed E-state index contributed by atoms with van der Waals surface area (Å²) in [5.41, 5.74) is 0.989. The van der Waals surface area contributed by atoms with Gasteiger partial charge in [-0.3, -0.25) is 0 Å². The minimum atomic E-state index is -0.520. The molecule has 2 aromatic carbocycles. The van der Waals surface area contributed by atoms with E-state index in [4.69, 9.17) is 26.3 Å². The number of hydrogen-bond acceptors (Lipinski definition) is 5. The number of carbonyl (C=O) groups excluding carboxylic acids is 1. The van der Waals surface area contributed by atoms with Gasteiger partial charge in [-0.2, -0.15) is 0 Å². The van der Waals surface area contributed by atoms with E-state index in [9.17, 15) is 4.79 Å². The van der Waals surface area contributed by atoms with E-state index in [1.807, 2.05) is 0 Å². The summed E-state index contributed by atoms with van der Waals surface area (Å²) in [6.45, 7) is 0. The van der Waals surface area contributed by atoms with Crippen LogP contribution in [-0.4, -0.2) is 24.5 Å². The Kier molecular flexibility index (Phi) is 4.79. The molecule has 0 amide bonds. The molecule has 0 aliphatic carbocycles. The van der Waals surface area contributed by atoms with Crippen LogP contribution in [0.15, 0.2) is 47.6 Å². The number of ether oxygens (including phenoxy) is 2. The maximum absolute atomic E-state index is 12.0. The molecule has 1 N–H and O–H groups in total. The fourth-order valence-electron chi connectivity index (χ4n) is 1.66. The topological polar surface area (TPSA) is 68.1 Å². The third-order valence-electron chi connectivity index (χ3n) is 2.68. The smallest absolute Gasteiger partial charge is 0.343 e. The van der Waals surface area contributed by atoms with Crippen molar-refractivity contribution >= 4 is 23.8 Å². The largest absolute Gasteiger partial charge is 0.493 e. The second-order valence-corrected chi connectivity index (χ2v) is 4.49. The van der Waals surface area contributed by atoms with E-state index < -0.39 is 5.97 Å². The maximum Gasteiger partial charge on any atom is 0.343 e. The molecular formula is C15H12ClNO4. The number of nitrogens with zero attached hydrogens (tertiary/aromatic N) is 1. The Morgan fingerprint density at radius 1 is 1.19 bits per heavy atom. The molecule has 5 nitrogen and oxygen atoms in total. The molecular weight excluding hydrogens is 294 g/mol. The summed E-state index contributed by atoms with van der Waals surface area (Å²) in [5, 5.41) is 12.0. The zero-order chi connectivity index (χ0) is 15.2. The van der Waals surface area contributed by atoms with Crippen molar-refractivity contribution in [3.63, 3.8) is 0 Å². The molecule has 0 aliphatic heterocycles. The Bertz CT molecular complexity index is 668. The van der Waals surface area contributed by atoms with E-state index in [1.54, 1.807) is 42.5 Å². The van der Waals surface area contributed by atoms with Crippen molar-refractivity contribution in [2.75, 3.05) is 7.11 Å². The molecule has 0 atom stereocenters. The molecule has 108 valence electrons. The van der Waals surface area contributed by atoms with Gasteiger partial charge in [0, 0.05) is 10.6 Å². The summed E-state index contributed by atoms with van der Waals surface area (Å²) in [6.07, 6.45) is 1.24. The fraction of sp³-hybridized carbons (Fsp3) is 0.0667. The van der Waals surface area contributed by atoms with Gasteiger partial charge in [0.2, 0.25) is 0 Å². The van der Waals surface area contributed by atoms with E-state index in [0.29, 0.717) is 21.9 Å². The normalized spacial score (nSPS) is 10.6. The molecule has 0 unspecified atom stereocenters. The highest BCUT2D eigenvalue weighted by Gasteiger charge is 2.12. The molecule has 0 heterocycles. The summed E-state index contributed by atoms with van der Waals surface area (Å²) < 4.78 is 10.4. The first-order valence-electron chi connectivity index (χ1n) is 5.97. The number of benzene rings is 2. The van der Waals surface area contributed by atoms with Crippen molar-refractivity contribution in [1.82, 2.24) is 0 Å². The lowest BCUT2D eigenvalue weighted by Gasteiger charge is -2.09. The van der Waals surface area contributed by atoms with E-state index in [0.717, 1.165) is 0 Å². The Morgan fingerprint density at radius 3 is 2.52 bits per heavy atom. The molecule has 0 fully saturated rings. The minimum Gasteiger partial charge on any atom is -0.493 e. The molecule has 0 saturated carbocycles. The molecule has 0 aliphatic rings. The quantitative estimate of drug-likeness (QED) is 0.309. The minimum absolute atomic E-state index is 0.271. The summed E-state index contributed by atoms with van der Waals surface area (Å²) in [6, 6.07) is 11.1. The number of carbonyl (C=O) groups is 1. The highest BCUT2D eigenvalue weighted by molar-refractivity contribution is 6.30. The lowest BCUT2D eigenvalue weighted by atomic mass is 10.2. The lowest BCUT2D eigenvalue weighted by Crippen LogP contribution is -2.09. The summed E-state index contributed by atoms with van der Waals surface area (Å²) in [5.74, 6) is 0.107. The molecule has 0 aromatic heterocycles. The average molecular weight is 306 g/mol. The van der Waals surface area contributed by atoms with Gasteiger partial charge >= 0.3 is 5.97 Å². The first-order chi connectivity index (χ1) is 10.1. The first-order valence-corrected chi connectivity index (χ1v) is 6.35. The van der Waals surface area contributed by atoms with Gasteiger partial charge in [0.15, 0.2) is 11.5 Å². The van der Waals surface area contributed by atoms with Crippen LogP contribution in [-0.2, 0) is 0 Å². The van der Waals surface area contributed by atoms with Gasteiger partial charge < -0.3 is 14.7 Å². The Hall–Kier alpha value is -2.53. The van der Waals surface area contributed by atoms with Crippen LogP contribution in [0, 0.1) is 0 Å². The molecule has 2 rings (SSSR count). The third kappa shape index (κ3) is 3.73. The number of oxime groups is 1. The Morgan fingerprint density at radius 2 is 1.90 bits per heavy atom. The highest BCUT2D eigenvalue weighted by Crippen LogP contribution is 2.28.